The number of carbonyl (C=O) groups is 3. The van der Waals surface area contributed by atoms with Gasteiger partial charge in [0.15, 0.2) is 18.1 Å². The molecule has 1 N–H and O–H groups in total. The fourth-order valence-electron chi connectivity index (χ4n) is 3.21. The predicted molar refractivity (Wildman–Crippen MR) is 133 cm³/mol. The minimum absolute atomic E-state index is 0.205. The number of amides is 3. The van der Waals surface area contributed by atoms with Crippen LogP contribution in [0.4, 0.5) is 16.2 Å². The molecule has 0 saturated carbocycles. The van der Waals surface area contributed by atoms with Crippen molar-refractivity contribution in [1.82, 2.24) is 0 Å². The summed E-state index contributed by atoms with van der Waals surface area (Å²) in [4.78, 5) is 38.8. The first-order valence-corrected chi connectivity index (χ1v) is 11.3. The summed E-state index contributed by atoms with van der Waals surface area (Å²) in [5.41, 5.74) is 1.72. The quantitative estimate of drug-likeness (QED) is 0.430. The fourth-order valence-corrected chi connectivity index (χ4v) is 4.24. The highest BCUT2D eigenvalue weighted by molar-refractivity contribution is 8.19. The number of methoxy groups -OCH3 is 1. The lowest BCUT2D eigenvalue weighted by atomic mass is 10.2. The van der Waals surface area contributed by atoms with Crippen LogP contribution >= 0.6 is 23.4 Å². The first-order valence-electron chi connectivity index (χ1n) is 10.1. The van der Waals surface area contributed by atoms with Crippen LogP contribution in [-0.4, -0.2) is 30.8 Å². The molecule has 0 spiro atoms. The number of para-hydroxylation sites is 1. The van der Waals surface area contributed by atoms with E-state index in [1.54, 1.807) is 60.7 Å². The number of thioether (sulfide) groups is 1. The van der Waals surface area contributed by atoms with Crippen molar-refractivity contribution in [1.29, 1.82) is 0 Å². The molecule has 3 aromatic carbocycles. The average molecular weight is 495 g/mol. The first kappa shape index (κ1) is 23.4. The summed E-state index contributed by atoms with van der Waals surface area (Å²) < 4.78 is 11.0. The SMILES string of the molecule is COc1cc(/C=C2/SC(=O)N(c3cccc(Cl)c3)C2=O)ccc1OCC(=O)Nc1ccccc1. The lowest BCUT2D eigenvalue weighted by Gasteiger charge is -2.12. The zero-order chi connectivity index (χ0) is 24.1. The predicted octanol–water partition coefficient (Wildman–Crippen LogP) is 5.61. The van der Waals surface area contributed by atoms with Crippen LogP contribution in [0.15, 0.2) is 77.7 Å². The molecular weight excluding hydrogens is 476 g/mol. The van der Waals surface area contributed by atoms with Crippen LogP contribution in [0.1, 0.15) is 5.56 Å². The molecule has 0 aliphatic carbocycles. The van der Waals surface area contributed by atoms with E-state index in [1.807, 2.05) is 18.2 Å². The van der Waals surface area contributed by atoms with Gasteiger partial charge in [-0.2, -0.15) is 0 Å². The van der Waals surface area contributed by atoms with Gasteiger partial charge in [-0.3, -0.25) is 14.4 Å². The Balaban J connectivity index is 1.46. The summed E-state index contributed by atoms with van der Waals surface area (Å²) in [7, 11) is 1.48. The zero-order valence-electron chi connectivity index (χ0n) is 18.0. The van der Waals surface area contributed by atoms with Crippen molar-refractivity contribution >= 4 is 57.9 Å². The first-order chi connectivity index (χ1) is 16.4. The average Bonchev–Trinajstić information content (AvgIpc) is 3.11. The lowest BCUT2D eigenvalue weighted by molar-refractivity contribution is -0.118. The number of halogens is 1. The number of hydrogen-bond donors (Lipinski definition) is 1. The van der Waals surface area contributed by atoms with E-state index < -0.39 is 11.1 Å². The van der Waals surface area contributed by atoms with Gasteiger partial charge in [-0.25, -0.2) is 4.90 Å². The van der Waals surface area contributed by atoms with E-state index in [9.17, 15) is 14.4 Å². The van der Waals surface area contributed by atoms with Crippen LogP contribution in [0.2, 0.25) is 5.02 Å². The molecule has 0 radical (unpaired) electrons. The molecule has 1 aliphatic heterocycles. The van der Waals surface area contributed by atoms with Crippen LogP contribution in [0.25, 0.3) is 6.08 Å². The van der Waals surface area contributed by atoms with Gasteiger partial charge in [0, 0.05) is 10.7 Å². The van der Waals surface area contributed by atoms with Gasteiger partial charge in [0.05, 0.1) is 17.7 Å². The second-order valence-electron chi connectivity index (χ2n) is 7.11. The van der Waals surface area contributed by atoms with Gasteiger partial charge in [0.25, 0.3) is 17.1 Å². The van der Waals surface area contributed by atoms with Crippen molar-refractivity contribution in [3.8, 4) is 11.5 Å². The Morgan fingerprint density at radius 3 is 2.56 bits per heavy atom. The molecule has 0 aromatic heterocycles. The van der Waals surface area contributed by atoms with Gasteiger partial charge in [-0.05, 0) is 65.9 Å². The molecule has 9 heteroatoms. The number of carbonyl (C=O) groups excluding carboxylic acids is 3. The fraction of sp³-hybridized carbons (Fsp3) is 0.0800. The highest BCUT2D eigenvalue weighted by atomic mass is 35.5. The highest BCUT2D eigenvalue weighted by Gasteiger charge is 2.36. The van der Waals surface area contributed by atoms with Crippen LogP contribution < -0.4 is 19.7 Å². The van der Waals surface area contributed by atoms with E-state index in [0.717, 1.165) is 16.7 Å². The molecule has 1 saturated heterocycles. The minimum atomic E-state index is -0.436. The smallest absolute Gasteiger partial charge is 0.298 e. The van der Waals surface area contributed by atoms with Gasteiger partial charge in [-0.1, -0.05) is 41.9 Å². The Hall–Kier alpha value is -3.75. The molecule has 3 aromatic rings. The second-order valence-corrected chi connectivity index (χ2v) is 8.54. The number of ether oxygens (including phenoxy) is 2. The topological polar surface area (TPSA) is 84.9 Å². The Bertz CT molecular complexity index is 1280. The number of anilines is 2. The molecule has 1 heterocycles. The van der Waals surface area contributed by atoms with Crippen molar-refractivity contribution in [3.63, 3.8) is 0 Å². The molecule has 0 unspecified atom stereocenters. The molecule has 172 valence electrons. The monoisotopic (exact) mass is 494 g/mol. The Kier molecular flexibility index (Phi) is 7.20. The third-order valence-corrected chi connectivity index (χ3v) is 5.87. The minimum Gasteiger partial charge on any atom is -0.493 e. The van der Waals surface area contributed by atoms with E-state index in [1.165, 1.54) is 7.11 Å². The molecule has 3 amide bonds. The molecule has 7 nitrogen and oxygen atoms in total. The summed E-state index contributed by atoms with van der Waals surface area (Å²) in [6.45, 7) is -0.205. The molecule has 1 fully saturated rings. The molecule has 34 heavy (non-hydrogen) atoms. The van der Waals surface area contributed by atoms with Gasteiger partial charge in [-0.15, -0.1) is 0 Å². The zero-order valence-corrected chi connectivity index (χ0v) is 19.6. The molecule has 0 bridgehead atoms. The van der Waals surface area contributed by atoms with Gasteiger partial charge < -0.3 is 14.8 Å². The number of benzene rings is 3. The Morgan fingerprint density at radius 1 is 1.03 bits per heavy atom. The number of nitrogens with zero attached hydrogens (tertiary/aromatic N) is 1. The second kappa shape index (κ2) is 10.5. The number of rotatable bonds is 7. The van der Waals surface area contributed by atoms with Crippen LogP contribution in [0.3, 0.4) is 0 Å². The van der Waals surface area contributed by atoms with Crippen molar-refractivity contribution in [2.45, 2.75) is 0 Å². The molecular formula is C25H19ClN2O5S. The van der Waals surface area contributed by atoms with Crippen molar-refractivity contribution in [2.75, 3.05) is 23.9 Å². The largest absolute Gasteiger partial charge is 0.493 e. The van der Waals surface area contributed by atoms with E-state index in [4.69, 9.17) is 21.1 Å². The summed E-state index contributed by atoms with van der Waals surface area (Å²) >= 11 is 6.84. The summed E-state index contributed by atoms with van der Waals surface area (Å²) in [5.74, 6) is 0.00591. The molecule has 4 rings (SSSR count). The van der Waals surface area contributed by atoms with Crippen molar-refractivity contribution < 1.29 is 23.9 Å². The van der Waals surface area contributed by atoms with Gasteiger partial charge in [0.1, 0.15) is 0 Å². The molecule has 0 atom stereocenters. The maximum atomic E-state index is 12.9. The third-order valence-electron chi connectivity index (χ3n) is 4.76. The summed E-state index contributed by atoms with van der Waals surface area (Å²) in [5, 5.41) is 2.76. The number of nitrogens with one attached hydrogen (secondary N) is 1. The Morgan fingerprint density at radius 2 is 1.82 bits per heavy atom. The van der Waals surface area contributed by atoms with E-state index in [-0.39, 0.29) is 17.4 Å². The van der Waals surface area contributed by atoms with Gasteiger partial charge >= 0.3 is 0 Å². The van der Waals surface area contributed by atoms with Crippen molar-refractivity contribution in [3.05, 3.63) is 88.3 Å². The van der Waals surface area contributed by atoms with Crippen LogP contribution in [0.5, 0.6) is 11.5 Å². The summed E-state index contributed by atoms with van der Waals surface area (Å²) in [6, 6.07) is 20.6. The maximum absolute atomic E-state index is 12.9. The molecule has 1 aliphatic rings. The third kappa shape index (κ3) is 5.41. The van der Waals surface area contributed by atoms with E-state index in [2.05, 4.69) is 5.32 Å². The normalized spacial score (nSPS) is 14.4. The van der Waals surface area contributed by atoms with E-state index >= 15 is 0 Å². The highest BCUT2D eigenvalue weighted by Crippen LogP contribution is 2.37. The maximum Gasteiger partial charge on any atom is 0.298 e. The van der Waals surface area contributed by atoms with Gasteiger partial charge in [0.2, 0.25) is 0 Å². The Labute approximate surface area is 205 Å². The summed E-state index contributed by atoms with van der Waals surface area (Å²) in [6.07, 6.45) is 1.60. The number of imide groups is 1. The van der Waals surface area contributed by atoms with Crippen LogP contribution in [0, 0.1) is 0 Å². The lowest BCUT2D eigenvalue weighted by Crippen LogP contribution is -2.27. The van der Waals surface area contributed by atoms with Crippen LogP contribution in [-0.2, 0) is 9.59 Å². The van der Waals surface area contributed by atoms with Crippen molar-refractivity contribution in [2.24, 2.45) is 0 Å². The number of hydrogen-bond acceptors (Lipinski definition) is 6. The standard InChI is InChI=1S/C25H19ClN2O5S/c1-32-21-12-16(10-11-20(21)33-15-23(29)27-18-7-3-2-4-8-18)13-22-24(30)28(25(31)34-22)19-9-5-6-17(26)14-19/h2-14H,15H2,1H3,(H,27,29)/b22-13+. The van der Waals surface area contributed by atoms with E-state index in [0.29, 0.717) is 33.5 Å².